The highest BCUT2D eigenvalue weighted by Crippen LogP contribution is 2.24. The molecule has 0 bridgehead atoms. The van der Waals surface area contributed by atoms with Crippen LogP contribution in [0, 0.1) is 13.8 Å². The first-order chi connectivity index (χ1) is 14.2. The maximum Gasteiger partial charge on any atom is 0.330 e. The van der Waals surface area contributed by atoms with Crippen LogP contribution >= 0.6 is 11.6 Å². The zero-order valence-corrected chi connectivity index (χ0v) is 17.0. The van der Waals surface area contributed by atoms with Crippen molar-refractivity contribution in [3.05, 3.63) is 52.1 Å². The lowest BCUT2D eigenvalue weighted by molar-refractivity contribution is -0.168. The molecule has 0 amide bonds. The second kappa shape index (κ2) is 9.13. The highest BCUT2D eigenvalue weighted by molar-refractivity contribution is 6.31. The van der Waals surface area contributed by atoms with Crippen molar-refractivity contribution in [1.29, 1.82) is 0 Å². The number of alkyl halides is 4. The monoisotopic (exact) mass is 446 g/mol. The predicted octanol–water partition coefficient (Wildman–Crippen LogP) is 4.86. The van der Waals surface area contributed by atoms with Gasteiger partial charge in [-0.05, 0) is 31.5 Å². The van der Waals surface area contributed by atoms with Gasteiger partial charge in [-0.3, -0.25) is 4.68 Å². The number of hydrogen-bond acceptors (Lipinski definition) is 5. The van der Waals surface area contributed by atoms with E-state index in [2.05, 4.69) is 15.3 Å². The molecule has 2 heterocycles. The Labute approximate surface area is 174 Å². The van der Waals surface area contributed by atoms with Gasteiger partial charge >= 0.3 is 12.3 Å². The topological polar surface area (TPSA) is 66.0 Å². The van der Waals surface area contributed by atoms with Crippen LogP contribution in [0.1, 0.15) is 22.8 Å². The van der Waals surface area contributed by atoms with Crippen molar-refractivity contribution >= 4 is 11.6 Å². The van der Waals surface area contributed by atoms with Gasteiger partial charge in [0.1, 0.15) is 6.61 Å². The summed E-state index contributed by atoms with van der Waals surface area (Å²) in [5.41, 5.74) is 2.66. The molecule has 162 valence electrons. The minimum absolute atomic E-state index is 0.246. The van der Waals surface area contributed by atoms with E-state index in [1.54, 1.807) is 28.9 Å². The third-order valence-corrected chi connectivity index (χ3v) is 4.90. The van der Waals surface area contributed by atoms with Gasteiger partial charge in [-0.2, -0.15) is 13.9 Å². The largest absolute Gasteiger partial charge is 0.421 e. The zero-order chi connectivity index (χ0) is 21.9. The molecule has 0 saturated carbocycles. The number of aromatic nitrogens is 4. The van der Waals surface area contributed by atoms with E-state index < -0.39 is 19.0 Å². The van der Waals surface area contributed by atoms with E-state index in [1.807, 2.05) is 13.8 Å². The summed E-state index contributed by atoms with van der Waals surface area (Å²) in [6.45, 7) is 2.58. The lowest BCUT2D eigenvalue weighted by atomic mass is 10.1. The molecule has 11 heteroatoms. The van der Waals surface area contributed by atoms with E-state index in [1.165, 1.54) is 0 Å². The SMILES string of the molecule is Cc1nn(CCc2nnc(-c3cccc(COCC(F)(F)C(F)F)c3)o2)c(C)c1Cl. The number of ether oxygens (including phenoxy) is 1. The normalized spacial score (nSPS) is 12.1. The van der Waals surface area contributed by atoms with E-state index in [0.29, 0.717) is 35.0 Å². The Morgan fingerprint density at radius 3 is 2.67 bits per heavy atom. The summed E-state index contributed by atoms with van der Waals surface area (Å²) < 4.78 is 62.3. The average Bonchev–Trinajstić information content (AvgIpc) is 3.27. The number of hydrogen-bond donors (Lipinski definition) is 0. The van der Waals surface area contributed by atoms with E-state index in [4.69, 9.17) is 20.8 Å². The van der Waals surface area contributed by atoms with Gasteiger partial charge in [0.2, 0.25) is 11.8 Å². The van der Waals surface area contributed by atoms with Crippen molar-refractivity contribution in [3.8, 4) is 11.5 Å². The Kier molecular flexibility index (Phi) is 6.77. The summed E-state index contributed by atoms with van der Waals surface area (Å²) in [7, 11) is 0. The highest BCUT2D eigenvalue weighted by Gasteiger charge is 2.40. The van der Waals surface area contributed by atoms with Crippen LogP contribution in [-0.4, -0.2) is 38.9 Å². The van der Waals surface area contributed by atoms with Crippen LogP contribution in [-0.2, 0) is 24.3 Å². The van der Waals surface area contributed by atoms with Crippen molar-refractivity contribution in [2.45, 2.75) is 45.8 Å². The zero-order valence-electron chi connectivity index (χ0n) is 16.2. The second-order valence-corrected chi connectivity index (χ2v) is 7.09. The quantitative estimate of drug-likeness (QED) is 0.439. The molecule has 0 aliphatic carbocycles. The van der Waals surface area contributed by atoms with Crippen molar-refractivity contribution in [1.82, 2.24) is 20.0 Å². The number of nitrogens with zero attached hydrogens (tertiary/aromatic N) is 4. The van der Waals surface area contributed by atoms with Gasteiger partial charge in [0.25, 0.3) is 0 Å². The summed E-state index contributed by atoms with van der Waals surface area (Å²) in [5, 5.41) is 13.0. The Bertz CT molecular complexity index is 1010. The van der Waals surface area contributed by atoms with Crippen LogP contribution in [0.2, 0.25) is 5.02 Å². The molecule has 0 fully saturated rings. The van der Waals surface area contributed by atoms with E-state index >= 15 is 0 Å². The van der Waals surface area contributed by atoms with E-state index in [0.717, 1.165) is 11.4 Å². The third kappa shape index (κ3) is 5.17. The minimum Gasteiger partial charge on any atom is -0.421 e. The summed E-state index contributed by atoms with van der Waals surface area (Å²) in [6, 6.07) is 6.59. The summed E-state index contributed by atoms with van der Waals surface area (Å²) in [6.07, 6.45) is -3.33. The third-order valence-electron chi connectivity index (χ3n) is 4.35. The molecule has 0 aliphatic rings. The molecule has 1 aromatic carbocycles. The molecule has 2 aromatic heterocycles. The Balaban J connectivity index is 1.61. The molecule has 0 atom stereocenters. The van der Waals surface area contributed by atoms with Crippen LogP contribution in [0.25, 0.3) is 11.5 Å². The lowest BCUT2D eigenvalue weighted by Crippen LogP contribution is -2.32. The molecule has 6 nitrogen and oxygen atoms in total. The van der Waals surface area contributed by atoms with Gasteiger partial charge in [0.15, 0.2) is 0 Å². The molecule has 0 saturated heterocycles. The lowest BCUT2D eigenvalue weighted by Gasteiger charge is -2.15. The molecular weight excluding hydrogens is 428 g/mol. The van der Waals surface area contributed by atoms with Crippen LogP contribution in [0.15, 0.2) is 28.7 Å². The van der Waals surface area contributed by atoms with Crippen molar-refractivity contribution in [2.24, 2.45) is 0 Å². The number of rotatable bonds is 9. The Hall–Kier alpha value is -2.46. The maximum absolute atomic E-state index is 12.9. The minimum atomic E-state index is -4.19. The highest BCUT2D eigenvalue weighted by atomic mass is 35.5. The first kappa shape index (κ1) is 22.2. The number of benzene rings is 1. The molecule has 3 aromatic rings. The molecule has 0 radical (unpaired) electrons. The fraction of sp³-hybridized carbons (Fsp3) is 0.421. The summed E-state index contributed by atoms with van der Waals surface area (Å²) >= 11 is 6.13. The first-order valence-corrected chi connectivity index (χ1v) is 9.40. The fourth-order valence-corrected chi connectivity index (χ4v) is 2.86. The van der Waals surface area contributed by atoms with Gasteiger partial charge < -0.3 is 9.15 Å². The maximum atomic E-state index is 12.9. The number of halogens is 5. The fourth-order valence-electron chi connectivity index (χ4n) is 2.73. The Morgan fingerprint density at radius 2 is 2.00 bits per heavy atom. The van der Waals surface area contributed by atoms with Crippen molar-refractivity contribution in [3.63, 3.8) is 0 Å². The average molecular weight is 447 g/mol. The second-order valence-electron chi connectivity index (χ2n) is 6.71. The van der Waals surface area contributed by atoms with Gasteiger partial charge in [-0.15, -0.1) is 10.2 Å². The van der Waals surface area contributed by atoms with Gasteiger partial charge in [-0.25, -0.2) is 8.78 Å². The van der Waals surface area contributed by atoms with Gasteiger partial charge in [0.05, 0.1) is 23.0 Å². The van der Waals surface area contributed by atoms with Crippen LogP contribution in [0.5, 0.6) is 0 Å². The van der Waals surface area contributed by atoms with Crippen molar-refractivity contribution in [2.75, 3.05) is 6.61 Å². The molecule has 0 N–H and O–H groups in total. The van der Waals surface area contributed by atoms with Gasteiger partial charge in [0, 0.05) is 18.5 Å². The van der Waals surface area contributed by atoms with E-state index in [-0.39, 0.29) is 12.5 Å². The molecule has 0 unspecified atom stereocenters. The molecule has 0 aliphatic heterocycles. The van der Waals surface area contributed by atoms with Crippen LogP contribution in [0.3, 0.4) is 0 Å². The van der Waals surface area contributed by atoms with Gasteiger partial charge in [-0.1, -0.05) is 23.7 Å². The molecule has 0 spiro atoms. The molecule has 3 rings (SSSR count). The first-order valence-electron chi connectivity index (χ1n) is 9.02. The summed E-state index contributed by atoms with van der Waals surface area (Å²) in [4.78, 5) is 0. The standard InChI is InChI=1S/C19H19ClF4N4O2/c1-11-16(20)12(2)28(27-11)7-6-15-25-26-17(30-15)14-5-3-4-13(8-14)9-29-10-19(23,24)18(21)22/h3-5,8,18H,6-7,9-10H2,1-2H3. The smallest absolute Gasteiger partial charge is 0.330 e. The molecule has 30 heavy (non-hydrogen) atoms. The van der Waals surface area contributed by atoms with E-state index in [9.17, 15) is 17.6 Å². The van der Waals surface area contributed by atoms with Crippen molar-refractivity contribution < 1.29 is 26.7 Å². The number of aryl methyl sites for hydroxylation is 3. The summed E-state index contributed by atoms with van der Waals surface area (Å²) in [5.74, 6) is -3.54. The predicted molar refractivity (Wildman–Crippen MR) is 101 cm³/mol. The van der Waals surface area contributed by atoms with Crippen LogP contribution < -0.4 is 0 Å². The Morgan fingerprint density at radius 1 is 1.23 bits per heavy atom. The van der Waals surface area contributed by atoms with Crippen LogP contribution in [0.4, 0.5) is 17.6 Å². The molecular formula is C19H19ClF4N4O2.